The van der Waals surface area contributed by atoms with E-state index in [0.29, 0.717) is 10.0 Å². The van der Waals surface area contributed by atoms with Gasteiger partial charge in [-0.15, -0.1) is 0 Å². The van der Waals surface area contributed by atoms with E-state index in [0.717, 1.165) is 6.07 Å². The third-order valence-electron chi connectivity index (χ3n) is 2.43. The van der Waals surface area contributed by atoms with Crippen LogP contribution in [-0.4, -0.2) is 14.5 Å². The van der Waals surface area contributed by atoms with Gasteiger partial charge >= 0.3 is 0 Å². The normalized spacial score (nSPS) is 10.4. The van der Waals surface area contributed by atoms with Gasteiger partial charge in [-0.3, -0.25) is 19.5 Å². The zero-order valence-corrected chi connectivity index (χ0v) is 11.8. The first-order valence-electron chi connectivity index (χ1n) is 5.12. The fourth-order valence-electron chi connectivity index (χ4n) is 1.55. The van der Waals surface area contributed by atoms with Crippen LogP contribution in [0.2, 0.25) is 5.15 Å². The molecular formula is C11H7BrClN3O3. The molecule has 98 valence electrons. The summed E-state index contributed by atoms with van der Waals surface area (Å²) in [7, 11) is 0. The van der Waals surface area contributed by atoms with Gasteiger partial charge in [0.25, 0.3) is 11.2 Å². The van der Waals surface area contributed by atoms with Crippen molar-refractivity contribution in [2.24, 2.45) is 0 Å². The highest BCUT2D eigenvalue weighted by Crippen LogP contribution is 2.23. The molecule has 0 spiro atoms. The lowest BCUT2D eigenvalue weighted by Gasteiger charge is -2.06. The van der Waals surface area contributed by atoms with E-state index in [1.165, 1.54) is 17.0 Å². The van der Waals surface area contributed by atoms with Crippen LogP contribution in [0.1, 0.15) is 5.56 Å². The van der Waals surface area contributed by atoms with Gasteiger partial charge in [0.2, 0.25) is 0 Å². The number of nitrogens with zero attached hydrogens (tertiary/aromatic N) is 3. The van der Waals surface area contributed by atoms with Gasteiger partial charge in [-0.1, -0.05) is 27.5 Å². The molecule has 0 amide bonds. The quantitative estimate of drug-likeness (QED) is 0.487. The molecule has 0 saturated carbocycles. The maximum Gasteiger partial charge on any atom is 0.275 e. The number of rotatable bonds is 3. The van der Waals surface area contributed by atoms with Crippen LogP contribution in [-0.2, 0) is 6.54 Å². The van der Waals surface area contributed by atoms with E-state index >= 15 is 0 Å². The third kappa shape index (κ3) is 3.18. The molecule has 1 aromatic heterocycles. The van der Waals surface area contributed by atoms with Crippen molar-refractivity contribution in [1.29, 1.82) is 0 Å². The Morgan fingerprint density at radius 3 is 2.79 bits per heavy atom. The van der Waals surface area contributed by atoms with Gasteiger partial charge in [-0.25, -0.2) is 4.98 Å². The molecule has 0 fully saturated rings. The fourth-order valence-corrected chi connectivity index (χ4v) is 2.03. The summed E-state index contributed by atoms with van der Waals surface area (Å²) in [4.78, 5) is 25.9. The molecule has 2 rings (SSSR count). The van der Waals surface area contributed by atoms with E-state index in [2.05, 4.69) is 20.9 Å². The number of nitro groups is 1. The van der Waals surface area contributed by atoms with Crippen molar-refractivity contribution < 1.29 is 4.92 Å². The molecule has 0 saturated heterocycles. The second-order valence-corrected chi connectivity index (χ2v) is 5.01. The van der Waals surface area contributed by atoms with Crippen LogP contribution in [0.3, 0.4) is 0 Å². The number of aromatic nitrogens is 2. The molecule has 0 bridgehead atoms. The molecule has 0 aliphatic heterocycles. The Kier molecular flexibility index (Phi) is 3.96. The summed E-state index contributed by atoms with van der Waals surface area (Å²) in [5, 5.41) is 11.1. The summed E-state index contributed by atoms with van der Waals surface area (Å²) in [5.41, 5.74) is -0.00661. The van der Waals surface area contributed by atoms with Crippen molar-refractivity contribution in [1.82, 2.24) is 9.55 Å². The van der Waals surface area contributed by atoms with E-state index in [1.807, 2.05) is 0 Å². The predicted octanol–water partition coefficient (Wildman–Crippen LogP) is 2.62. The zero-order chi connectivity index (χ0) is 14.0. The van der Waals surface area contributed by atoms with E-state index in [-0.39, 0.29) is 22.9 Å². The number of benzene rings is 1. The van der Waals surface area contributed by atoms with E-state index in [9.17, 15) is 14.9 Å². The monoisotopic (exact) mass is 343 g/mol. The highest BCUT2D eigenvalue weighted by Gasteiger charge is 2.14. The van der Waals surface area contributed by atoms with Gasteiger partial charge < -0.3 is 0 Å². The summed E-state index contributed by atoms with van der Waals surface area (Å²) in [6.07, 6.45) is 1.26. The average Bonchev–Trinajstić information content (AvgIpc) is 2.34. The van der Waals surface area contributed by atoms with Crippen molar-refractivity contribution in [3.8, 4) is 0 Å². The first-order valence-corrected chi connectivity index (χ1v) is 6.29. The summed E-state index contributed by atoms with van der Waals surface area (Å²) in [6.45, 7) is 0.0621. The van der Waals surface area contributed by atoms with Crippen molar-refractivity contribution in [3.05, 3.63) is 66.3 Å². The average molecular weight is 345 g/mol. The standard InChI is InChI=1S/C11H7BrClN3O3/c12-8-2-1-7(9(3-8)16(18)19)5-15-6-14-10(13)4-11(15)17/h1-4,6H,5H2. The topological polar surface area (TPSA) is 78.0 Å². The summed E-state index contributed by atoms with van der Waals surface area (Å²) in [5.74, 6) is 0. The van der Waals surface area contributed by atoms with Crippen LogP contribution in [0.25, 0.3) is 0 Å². The van der Waals surface area contributed by atoms with Crippen molar-refractivity contribution in [2.75, 3.05) is 0 Å². The number of hydrogen-bond acceptors (Lipinski definition) is 4. The lowest BCUT2D eigenvalue weighted by molar-refractivity contribution is -0.385. The molecule has 1 aromatic carbocycles. The summed E-state index contributed by atoms with van der Waals surface area (Å²) in [6, 6.07) is 5.82. The van der Waals surface area contributed by atoms with Crippen molar-refractivity contribution in [2.45, 2.75) is 6.54 Å². The smallest absolute Gasteiger partial charge is 0.275 e. The maximum atomic E-state index is 11.7. The first kappa shape index (κ1) is 13.7. The Hall–Kier alpha value is -1.73. The summed E-state index contributed by atoms with van der Waals surface area (Å²) < 4.78 is 1.85. The zero-order valence-electron chi connectivity index (χ0n) is 9.42. The van der Waals surface area contributed by atoms with Crippen LogP contribution in [0.5, 0.6) is 0 Å². The van der Waals surface area contributed by atoms with Crippen LogP contribution < -0.4 is 5.56 Å². The minimum Gasteiger partial charge on any atom is -0.294 e. The molecule has 8 heteroatoms. The number of halogens is 2. The van der Waals surface area contributed by atoms with Gasteiger partial charge in [-0.2, -0.15) is 0 Å². The molecular weight excluding hydrogens is 337 g/mol. The first-order chi connectivity index (χ1) is 8.97. The molecule has 0 radical (unpaired) electrons. The Balaban J connectivity index is 2.43. The number of hydrogen-bond donors (Lipinski definition) is 0. The highest BCUT2D eigenvalue weighted by molar-refractivity contribution is 9.10. The van der Waals surface area contributed by atoms with Gasteiger partial charge in [0.05, 0.1) is 17.8 Å². The fraction of sp³-hybridized carbons (Fsp3) is 0.0909. The predicted molar refractivity (Wildman–Crippen MR) is 73.4 cm³/mol. The lowest BCUT2D eigenvalue weighted by atomic mass is 10.2. The number of nitro benzene ring substituents is 1. The van der Waals surface area contributed by atoms with Crippen LogP contribution in [0.15, 0.2) is 39.9 Å². The van der Waals surface area contributed by atoms with Gasteiger partial charge in [0.1, 0.15) is 5.15 Å². The lowest BCUT2D eigenvalue weighted by Crippen LogP contribution is -2.20. The van der Waals surface area contributed by atoms with Crippen LogP contribution in [0, 0.1) is 10.1 Å². The molecule has 0 aliphatic carbocycles. The Bertz CT molecular complexity index is 702. The van der Waals surface area contributed by atoms with Crippen molar-refractivity contribution in [3.63, 3.8) is 0 Å². The van der Waals surface area contributed by atoms with E-state index < -0.39 is 4.92 Å². The van der Waals surface area contributed by atoms with E-state index in [4.69, 9.17) is 11.6 Å². The summed E-state index contributed by atoms with van der Waals surface area (Å²) >= 11 is 8.75. The van der Waals surface area contributed by atoms with Crippen LogP contribution >= 0.6 is 27.5 Å². The van der Waals surface area contributed by atoms with Crippen LogP contribution in [0.4, 0.5) is 5.69 Å². The molecule has 6 nitrogen and oxygen atoms in total. The maximum absolute atomic E-state index is 11.7. The highest BCUT2D eigenvalue weighted by atomic mass is 79.9. The SMILES string of the molecule is O=c1cc(Cl)ncn1Cc1ccc(Br)cc1[N+](=O)[O-]. The van der Waals surface area contributed by atoms with Gasteiger partial charge in [0, 0.05) is 22.2 Å². The van der Waals surface area contributed by atoms with E-state index in [1.54, 1.807) is 12.1 Å². The second-order valence-electron chi connectivity index (χ2n) is 3.71. The minimum atomic E-state index is -0.492. The minimum absolute atomic E-state index is 0.0591. The molecule has 1 heterocycles. The Morgan fingerprint density at radius 1 is 1.42 bits per heavy atom. The molecule has 0 aliphatic rings. The molecule has 0 atom stereocenters. The third-order valence-corrected chi connectivity index (χ3v) is 3.13. The molecule has 0 unspecified atom stereocenters. The Morgan fingerprint density at radius 2 is 2.16 bits per heavy atom. The second kappa shape index (κ2) is 5.50. The molecule has 0 N–H and O–H groups in total. The molecule has 19 heavy (non-hydrogen) atoms. The van der Waals surface area contributed by atoms with Crippen molar-refractivity contribution >= 4 is 33.2 Å². The largest absolute Gasteiger partial charge is 0.294 e. The van der Waals surface area contributed by atoms with Gasteiger partial charge in [-0.05, 0) is 12.1 Å². The Labute approximate surface area is 120 Å². The van der Waals surface area contributed by atoms with Gasteiger partial charge in [0.15, 0.2) is 0 Å². The molecule has 2 aromatic rings.